The number of aliphatic hydroxyl groups is 2. The van der Waals surface area contributed by atoms with Crippen LogP contribution in [0.4, 0.5) is 4.79 Å². The lowest BCUT2D eigenvalue weighted by Gasteiger charge is -2.66. The minimum absolute atomic E-state index is 0.121. The van der Waals surface area contributed by atoms with Gasteiger partial charge in [-0.05, 0) is 106 Å². The molecule has 0 bridgehead atoms. The summed E-state index contributed by atoms with van der Waals surface area (Å²) in [5.74, 6) is 0.491. The van der Waals surface area contributed by atoms with Crippen LogP contribution in [0.3, 0.4) is 0 Å². The van der Waals surface area contributed by atoms with Crippen molar-refractivity contribution in [3.63, 3.8) is 0 Å². The predicted molar refractivity (Wildman–Crippen MR) is 146 cm³/mol. The van der Waals surface area contributed by atoms with Crippen molar-refractivity contribution in [3.8, 4) is 0 Å². The summed E-state index contributed by atoms with van der Waals surface area (Å²) in [6, 6.07) is 3.35. The summed E-state index contributed by atoms with van der Waals surface area (Å²) in [7, 11) is 2.08. The molecule has 2 N–H and O–H groups in total. The fourth-order valence-electron chi connectivity index (χ4n) is 9.83. The minimum atomic E-state index is -0.901. The van der Waals surface area contributed by atoms with E-state index >= 15 is 0 Å². The van der Waals surface area contributed by atoms with Crippen LogP contribution in [0.5, 0.6) is 0 Å². The number of hydrogen-bond donors (Lipinski definition) is 2. The fraction of sp³-hybridized carbons (Fsp3) is 0.806. The quantitative estimate of drug-likeness (QED) is 0.579. The van der Waals surface area contributed by atoms with Crippen LogP contribution in [0.25, 0.3) is 0 Å². The van der Waals surface area contributed by atoms with Crippen LogP contribution in [0.2, 0.25) is 0 Å². The normalized spacial score (nSPS) is 44.6. The van der Waals surface area contributed by atoms with E-state index in [0.29, 0.717) is 19.4 Å². The third-order valence-electron chi connectivity index (χ3n) is 12.3. The fourth-order valence-corrected chi connectivity index (χ4v) is 9.83. The molecule has 5 aliphatic rings. The van der Waals surface area contributed by atoms with E-state index in [1.807, 2.05) is 11.0 Å². The van der Waals surface area contributed by atoms with E-state index < -0.39 is 11.2 Å². The van der Waals surface area contributed by atoms with Gasteiger partial charge in [0, 0.05) is 37.5 Å². The second-order valence-corrected chi connectivity index (χ2v) is 14.0. The van der Waals surface area contributed by atoms with Gasteiger partial charge >= 0.3 is 11.7 Å². The number of nitrogens with zero attached hydrogens (tertiary/aromatic N) is 2. The molecule has 1 aromatic rings. The number of carbonyl (C=O) groups is 1. The first-order valence-corrected chi connectivity index (χ1v) is 15.2. The number of rotatable bonds is 2. The van der Waals surface area contributed by atoms with Crippen LogP contribution >= 0.6 is 0 Å². The van der Waals surface area contributed by atoms with Gasteiger partial charge in [0.05, 0.1) is 17.5 Å². The van der Waals surface area contributed by atoms with Crippen LogP contribution in [-0.4, -0.2) is 76.6 Å². The maximum Gasteiger partial charge on any atom is 0.410 e. The number of hydrogen-bond acceptors (Lipinski definition) is 7. The Bertz CT molecular complexity index is 1140. The highest BCUT2D eigenvalue weighted by molar-refractivity contribution is 5.68. The van der Waals surface area contributed by atoms with Gasteiger partial charge in [-0.25, -0.2) is 9.59 Å². The van der Waals surface area contributed by atoms with E-state index in [-0.39, 0.29) is 46.4 Å². The molecule has 0 unspecified atom stereocenters. The van der Waals surface area contributed by atoms with Crippen LogP contribution in [-0.2, 0) is 4.74 Å². The average Bonchev–Trinajstić information content (AvgIpc) is 3.02. The standard InChI is InChI=1S/C31H46N2O6/c1-28-11-7-22(39-27(35)33-16-4-15-32(3)17-18-33)19-30(28,36)13-9-25-24(28)8-12-29(2)23(10-14-31(25,29)37)21-5-6-26(34)38-20-21/h5-6,20,22-25,36-37H,4,7-19H2,1-3H3/t22-,23+,24-,25+,28+,29+,30-,31-/m0/s1. The molecular formula is C31H46N2O6. The number of likely N-dealkylation sites (N-methyl/N-ethyl adjacent to an activating group) is 1. The Morgan fingerprint density at radius 2 is 1.72 bits per heavy atom. The summed E-state index contributed by atoms with van der Waals surface area (Å²) in [5, 5.41) is 24.6. The second-order valence-electron chi connectivity index (χ2n) is 14.0. The van der Waals surface area contributed by atoms with E-state index in [0.717, 1.165) is 76.6 Å². The number of fused-ring (bicyclic) bond motifs is 5. The van der Waals surface area contributed by atoms with Crippen LogP contribution in [0.1, 0.15) is 89.5 Å². The first-order chi connectivity index (χ1) is 18.5. The van der Waals surface area contributed by atoms with E-state index in [1.54, 1.807) is 6.26 Å². The van der Waals surface area contributed by atoms with Gasteiger partial charge in [0.15, 0.2) is 0 Å². The Hall–Kier alpha value is -1.90. The Balaban J connectivity index is 1.18. The molecule has 0 spiro atoms. The maximum absolute atomic E-state index is 13.0. The first kappa shape index (κ1) is 27.3. The Morgan fingerprint density at radius 3 is 2.49 bits per heavy atom. The van der Waals surface area contributed by atoms with Gasteiger partial charge in [-0.2, -0.15) is 0 Å². The van der Waals surface area contributed by atoms with Crippen molar-refractivity contribution in [3.05, 3.63) is 34.4 Å². The largest absolute Gasteiger partial charge is 0.446 e. The molecule has 6 rings (SSSR count). The highest BCUT2D eigenvalue weighted by atomic mass is 16.6. The summed E-state index contributed by atoms with van der Waals surface area (Å²) in [4.78, 5) is 28.6. The molecule has 8 atom stereocenters. The van der Waals surface area contributed by atoms with Gasteiger partial charge in [0.1, 0.15) is 6.10 Å². The average molecular weight is 543 g/mol. The molecule has 39 heavy (non-hydrogen) atoms. The molecule has 1 amide bonds. The number of ether oxygens (including phenoxy) is 1. The van der Waals surface area contributed by atoms with Gasteiger partial charge < -0.3 is 29.2 Å². The summed E-state index contributed by atoms with van der Waals surface area (Å²) in [6.07, 6.45) is 8.89. The van der Waals surface area contributed by atoms with Crippen molar-refractivity contribution in [1.29, 1.82) is 0 Å². The molecule has 0 aromatic carbocycles. The Labute approximate surface area is 231 Å². The van der Waals surface area contributed by atoms with Crippen molar-refractivity contribution in [2.45, 2.75) is 101 Å². The summed E-state index contributed by atoms with van der Waals surface area (Å²) < 4.78 is 11.2. The monoisotopic (exact) mass is 542 g/mol. The van der Waals surface area contributed by atoms with Crippen molar-refractivity contribution < 1.29 is 24.2 Å². The third-order valence-corrected chi connectivity index (χ3v) is 12.3. The van der Waals surface area contributed by atoms with Gasteiger partial charge in [0.25, 0.3) is 0 Å². The maximum atomic E-state index is 13.0. The molecule has 0 radical (unpaired) electrons. The number of carbonyl (C=O) groups excluding carboxylic acids is 1. The molecule has 5 fully saturated rings. The highest BCUT2D eigenvalue weighted by Gasteiger charge is 2.70. The Kier molecular flexibility index (Phi) is 6.71. The van der Waals surface area contributed by atoms with E-state index in [4.69, 9.17) is 9.15 Å². The molecule has 2 heterocycles. The number of amides is 1. The highest BCUT2D eigenvalue weighted by Crippen LogP contribution is 2.71. The Morgan fingerprint density at radius 1 is 0.949 bits per heavy atom. The van der Waals surface area contributed by atoms with Crippen molar-refractivity contribution in [2.75, 3.05) is 33.2 Å². The van der Waals surface area contributed by atoms with Crippen LogP contribution < -0.4 is 5.63 Å². The van der Waals surface area contributed by atoms with E-state index in [9.17, 15) is 19.8 Å². The predicted octanol–water partition coefficient (Wildman–Crippen LogP) is 4.14. The molecule has 1 aromatic heterocycles. The lowest BCUT2D eigenvalue weighted by molar-refractivity contribution is -0.253. The van der Waals surface area contributed by atoms with Gasteiger partial charge in [-0.15, -0.1) is 0 Å². The van der Waals surface area contributed by atoms with Crippen molar-refractivity contribution in [2.24, 2.45) is 22.7 Å². The lowest BCUT2D eigenvalue weighted by atomic mass is 9.42. The molecule has 216 valence electrons. The minimum Gasteiger partial charge on any atom is -0.446 e. The zero-order chi connectivity index (χ0) is 27.6. The molecule has 4 saturated carbocycles. The van der Waals surface area contributed by atoms with E-state index in [1.165, 1.54) is 6.07 Å². The molecular weight excluding hydrogens is 496 g/mol. The summed E-state index contributed by atoms with van der Waals surface area (Å²) in [6.45, 7) is 7.70. The van der Waals surface area contributed by atoms with Crippen LogP contribution in [0.15, 0.2) is 27.6 Å². The topological polar surface area (TPSA) is 103 Å². The van der Waals surface area contributed by atoms with Crippen molar-refractivity contribution in [1.82, 2.24) is 9.80 Å². The molecule has 8 nitrogen and oxygen atoms in total. The lowest BCUT2D eigenvalue weighted by Crippen LogP contribution is -2.67. The summed E-state index contributed by atoms with van der Waals surface area (Å²) >= 11 is 0. The third kappa shape index (κ3) is 4.19. The first-order valence-electron chi connectivity index (χ1n) is 15.2. The molecule has 1 saturated heterocycles. The van der Waals surface area contributed by atoms with Gasteiger partial charge in [-0.1, -0.05) is 13.8 Å². The zero-order valence-corrected chi connectivity index (χ0v) is 23.9. The summed E-state index contributed by atoms with van der Waals surface area (Å²) in [5.41, 5.74) is -1.68. The van der Waals surface area contributed by atoms with Crippen molar-refractivity contribution >= 4 is 6.09 Å². The van der Waals surface area contributed by atoms with Gasteiger partial charge in [-0.3, -0.25) is 0 Å². The molecule has 8 heteroatoms. The second kappa shape index (κ2) is 9.59. The smallest absolute Gasteiger partial charge is 0.410 e. The molecule has 4 aliphatic carbocycles. The van der Waals surface area contributed by atoms with E-state index in [2.05, 4.69) is 25.8 Å². The molecule has 1 aliphatic heterocycles. The SMILES string of the molecule is CN1CCCN(C(=O)O[C@H]2CC[C@]3(C)[C@H]4CC[C@]5(C)[C@@H](c6ccc(=O)oc6)CC[C@]5(O)[C@@H]4CC[C@]3(O)C2)CC1. The van der Waals surface area contributed by atoms with Gasteiger partial charge in [0.2, 0.25) is 0 Å². The zero-order valence-electron chi connectivity index (χ0n) is 23.9. The van der Waals surface area contributed by atoms with Crippen LogP contribution in [0, 0.1) is 22.7 Å².